The number of nitrogens with zero attached hydrogens (tertiary/aromatic N) is 5. The van der Waals surface area contributed by atoms with E-state index in [1.165, 1.54) is 18.4 Å². The highest BCUT2D eigenvalue weighted by Crippen LogP contribution is 2.40. The van der Waals surface area contributed by atoms with Crippen molar-refractivity contribution in [2.75, 3.05) is 31.2 Å². The van der Waals surface area contributed by atoms with Crippen LogP contribution in [0, 0.1) is 19.3 Å². The zero-order valence-electron chi connectivity index (χ0n) is 12.0. The lowest BCUT2D eigenvalue weighted by atomic mass is 9.87. The van der Waals surface area contributed by atoms with Crippen LogP contribution in [0.15, 0.2) is 6.33 Å². The van der Waals surface area contributed by atoms with E-state index in [0.29, 0.717) is 11.2 Å². The Balaban J connectivity index is 1.79. The number of anilines is 1. The predicted octanol–water partition coefficient (Wildman–Crippen LogP) is 1.36. The van der Waals surface area contributed by atoms with Crippen LogP contribution in [-0.2, 0) is 4.74 Å². The van der Waals surface area contributed by atoms with E-state index in [9.17, 15) is 0 Å². The SMILES string of the molecule is Cc1nc2ncnn2c(N2CCC3(CCOC3)C2)c1C. The largest absolute Gasteiger partial charge is 0.381 e. The number of aryl methyl sites for hydroxylation is 1. The summed E-state index contributed by atoms with van der Waals surface area (Å²) in [6.07, 6.45) is 3.95. The molecule has 2 saturated heterocycles. The molecule has 0 radical (unpaired) electrons. The number of fused-ring (bicyclic) bond motifs is 1. The summed E-state index contributed by atoms with van der Waals surface area (Å²) in [5, 5.41) is 4.35. The monoisotopic (exact) mass is 273 g/mol. The fraction of sp³-hybridized carbons (Fsp3) is 0.643. The minimum Gasteiger partial charge on any atom is -0.381 e. The molecule has 2 fully saturated rings. The lowest BCUT2D eigenvalue weighted by Gasteiger charge is -2.25. The minimum atomic E-state index is 0.344. The molecule has 6 nitrogen and oxygen atoms in total. The van der Waals surface area contributed by atoms with Gasteiger partial charge in [0.25, 0.3) is 5.78 Å². The molecule has 2 aliphatic rings. The molecular weight excluding hydrogens is 254 g/mol. The van der Waals surface area contributed by atoms with E-state index >= 15 is 0 Å². The number of hydrogen-bond donors (Lipinski definition) is 0. The van der Waals surface area contributed by atoms with Crippen molar-refractivity contribution in [1.29, 1.82) is 0 Å². The molecule has 0 N–H and O–H groups in total. The Hall–Kier alpha value is -1.69. The van der Waals surface area contributed by atoms with Crippen LogP contribution in [0.25, 0.3) is 5.78 Å². The number of ether oxygens (including phenoxy) is 1. The molecule has 0 aliphatic carbocycles. The minimum absolute atomic E-state index is 0.344. The van der Waals surface area contributed by atoms with Crippen LogP contribution in [0.1, 0.15) is 24.1 Å². The molecule has 20 heavy (non-hydrogen) atoms. The Morgan fingerprint density at radius 3 is 3.00 bits per heavy atom. The lowest BCUT2D eigenvalue weighted by Crippen LogP contribution is -2.29. The fourth-order valence-corrected chi connectivity index (χ4v) is 3.47. The van der Waals surface area contributed by atoms with Crippen LogP contribution < -0.4 is 4.90 Å². The van der Waals surface area contributed by atoms with E-state index < -0.39 is 0 Å². The highest BCUT2D eigenvalue weighted by molar-refractivity contribution is 5.54. The van der Waals surface area contributed by atoms with Gasteiger partial charge in [-0.05, 0) is 26.7 Å². The predicted molar refractivity (Wildman–Crippen MR) is 75.0 cm³/mol. The summed E-state index contributed by atoms with van der Waals surface area (Å²) in [6, 6.07) is 0. The molecule has 2 aromatic rings. The molecule has 4 rings (SSSR count). The third-order valence-electron chi connectivity index (χ3n) is 4.80. The molecule has 2 aliphatic heterocycles. The molecule has 1 spiro atoms. The van der Waals surface area contributed by atoms with Gasteiger partial charge in [0, 0.05) is 36.4 Å². The molecule has 0 amide bonds. The van der Waals surface area contributed by atoms with Gasteiger partial charge in [-0.3, -0.25) is 0 Å². The van der Waals surface area contributed by atoms with Gasteiger partial charge < -0.3 is 9.64 Å². The summed E-state index contributed by atoms with van der Waals surface area (Å²) in [5.74, 6) is 1.83. The molecule has 1 unspecified atom stereocenters. The molecular formula is C14H19N5O. The summed E-state index contributed by atoms with van der Waals surface area (Å²) < 4.78 is 7.49. The van der Waals surface area contributed by atoms with Gasteiger partial charge in [0.2, 0.25) is 0 Å². The number of hydrogen-bond acceptors (Lipinski definition) is 5. The first-order valence-corrected chi connectivity index (χ1v) is 7.18. The summed E-state index contributed by atoms with van der Waals surface area (Å²) in [5.41, 5.74) is 2.57. The Labute approximate surface area is 117 Å². The second-order valence-corrected chi connectivity index (χ2v) is 6.09. The lowest BCUT2D eigenvalue weighted by molar-refractivity contribution is 0.160. The Morgan fingerprint density at radius 2 is 2.20 bits per heavy atom. The summed E-state index contributed by atoms with van der Waals surface area (Å²) >= 11 is 0. The molecule has 0 saturated carbocycles. The molecule has 1 atom stereocenters. The first-order chi connectivity index (χ1) is 9.69. The van der Waals surface area contributed by atoms with Crippen molar-refractivity contribution in [2.24, 2.45) is 5.41 Å². The second kappa shape index (κ2) is 4.15. The zero-order valence-corrected chi connectivity index (χ0v) is 12.0. The third-order valence-corrected chi connectivity index (χ3v) is 4.80. The molecule has 0 aromatic carbocycles. The summed E-state index contributed by atoms with van der Waals surface area (Å²) in [6.45, 7) is 8.07. The zero-order chi connectivity index (χ0) is 13.7. The van der Waals surface area contributed by atoms with Crippen molar-refractivity contribution in [2.45, 2.75) is 26.7 Å². The van der Waals surface area contributed by atoms with Crippen LogP contribution in [0.2, 0.25) is 0 Å². The van der Waals surface area contributed by atoms with E-state index in [1.54, 1.807) is 6.33 Å². The van der Waals surface area contributed by atoms with Crippen molar-refractivity contribution in [3.63, 3.8) is 0 Å². The normalized spacial score (nSPS) is 26.2. The van der Waals surface area contributed by atoms with Gasteiger partial charge in [0.1, 0.15) is 12.1 Å². The van der Waals surface area contributed by atoms with Gasteiger partial charge in [-0.1, -0.05) is 0 Å². The maximum atomic E-state index is 5.62. The van der Waals surface area contributed by atoms with E-state index in [-0.39, 0.29) is 0 Å². The van der Waals surface area contributed by atoms with Crippen molar-refractivity contribution < 1.29 is 4.74 Å². The van der Waals surface area contributed by atoms with Gasteiger partial charge in [0.15, 0.2) is 0 Å². The molecule has 6 heteroatoms. The summed E-state index contributed by atoms with van der Waals surface area (Å²) in [7, 11) is 0. The van der Waals surface area contributed by atoms with Crippen molar-refractivity contribution in [1.82, 2.24) is 19.6 Å². The Morgan fingerprint density at radius 1 is 1.30 bits per heavy atom. The highest BCUT2D eigenvalue weighted by Gasteiger charge is 2.42. The maximum absolute atomic E-state index is 5.62. The van der Waals surface area contributed by atoms with E-state index in [0.717, 1.165) is 37.8 Å². The third kappa shape index (κ3) is 1.64. The van der Waals surface area contributed by atoms with E-state index in [2.05, 4.69) is 26.9 Å². The average molecular weight is 273 g/mol. The van der Waals surface area contributed by atoms with Gasteiger partial charge in [0.05, 0.1) is 6.61 Å². The van der Waals surface area contributed by atoms with Crippen molar-refractivity contribution >= 4 is 11.6 Å². The standard InChI is InChI=1S/C14H19N5O/c1-10-11(2)17-13-15-9-16-19(13)12(10)18-5-3-14(7-18)4-6-20-8-14/h9H,3-8H2,1-2H3. The number of rotatable bonds is 1. The van der Waals surface area contributed by atoms with Gasteiger partial charge in [-0.2, -0.15) is 14.6 Å². The highest BCUT2D eigenvalue weighted by atomic mass is 16.5. The molecule has 0 bridgehead atoms. The van der Waals surface area contributed by atoms with Crippen LogP contribution >= 0.6 is 0 Å². The van der Waals surface area contributed by atoms with Gasteiger partial charge in [-0.25, -0.2) is 4.98 Å². The number of aromatic nitrogens is 4. The van der Waals surface area contributed by atoms with Crippen molar-refractivity contribution in [3.8, 4) is 0 Å². The topological polar surface area (TPSA) is 55.5 Å². The maximum Gasteiger partial charge on any atom is 0.254 e. The van der Waals surface area contributed by atoms with Crippen LogP contribution in [0.4, 0.5) is 5.82 Å². The van der Waals surface area contributed by atoms with Crippen LogP contribution in [-0.4, -0.2) is 45.9 Å². The quantitative estimate of drug-likeness (QED) is 0.785. The Bertz CT molecular complexity index is 659. The average Bonchev–Trinajstić information content (AvgIpc) is 3.14. The smallest absolute Gasteiger partial charge is 0.254 e. The fourth-order valence-electron chi connectivity index (χ4n) is 3.47. The first-order valence-electron chi connectivity index (χ1n) is 7.18. The van der Waals surface area contributed by atoms with Crippen LogP contribution in [0.3, 0.4) is 0 Å². The van der Waals surface area contributed by atoms with Crippen LogP contribution in [0.5, 0.6) is 0 Å². The second-order valence-electron chi connectivity index (χ2n) is 6.09. The Kier molecular flexibility index (Phi) is 2.51. The van der Waals surface area contributed by atoms with Gasteiger partial charge >= 0.3 is 0 Å². The van der Waals surface area contributed by atoms with E-state index in [1.807, 2.05) is 11.4 Å². The molecule has 106 valence electrons. The van der Waals surface area contributed by atoms with Gasteiger partial charge in [-0.15, -0.1) is 0 Å². The summed E-state index contributed by atoms with van der Waals surface area (Å²) in [4.78, 5) is 11.2. The molecule has 4 heterocycles. The van der Waals surface area contributed by atoms with Crippen molar-refractivity contribution in [3.05, 3.63) is 17.6 Å². The van der Waals surface area contributed by atoms with E-state index in [4.69, 9.17) is 4.74 Å². The first kappa shape index (κ1) is 12.1. The molecule has 2 aromatic heterocycles.